The summed E-state index contributed by atoms with van der Waals surface area (Å²) in [5.41, 5.74) is 0.640. The SMILES string of the molecule is FC(F)(F)Oc1ccc2nc(Br)sc2c1. The minimum atomic E-state index is -4.66. The van der Waals surface area contributed by atoms with Gasteiger partial charge in [-0.3, -0.25) is 0 Å². The highest BCUT2D eigenvalue weighted by Gasteiger charge is 2.31. The summed E-state index contributed by atoms with van der Waals surface area (Å²) in [6.45, 7) is 0. The topological polar surface area (TPSA) is 22.1 Å². The molecule has 2 rings (SSSR count). The van der Waals surface area contributed by atoms with E-state index in [1.807, 2.05) is 0 Å². The van der Waals surface area contributed by atoms with E-state index in [-0.39, 0.29) is 5.75 Å². The first kappa shape index (κ1) is 10.7. The van der Waals surface area contributed by atoms with E-state index in [1.165, 1.54) is 29.5 Å². The van der Waals surface area contributed by atoms with Crippen molar-refractivity contribution in [1.82, 2.24) is 4.98 Å². The van der Waals surface area contributed by atoms with Crippen LogP contribution in [0.3, 0.4) is 0 Å². The number of nitrogens with zero attached hydrogens (tertiary/aromatic N) is 1. The number of thiazole rings is 1. The van der Waals surface area contributed by atoms with E-state index in [0.29, 0.717) is 14.1 Å². The van der Waals surface area contributed by atoms with Crippen molar-refractivity contribution in [3.63, 3.8) is 0 Å². The molecule has 0 unspecified atom stereocenters. The summed E-state index contributed by atoms with van der Waals surface area (Å²) in [6, 6.07) is 4.03. The lowest BCUT2D eigenvalue weighted by Gasteiger charge is -2.07. The fourth-order valence-electron chi connectivity index (χ4n) is 1.07. The smallest absolute Gasteiger partial charge is 0.406 e. The van der Waals surface area contributed by atoms with Gasteiger partial charge in [0, 0.05) is 0 Å². The van der Waals surface area contributed by atoms with Gasteiger partial charge in [-0.05, 0) is 34.1 Å². The summed E-state index contributed by atoms with van der Waals surface area (Å²) in [4.78, 5) is 4.05. The minimum Gasteiger partial charge on any atom is -0.406 e. The zero-order chi connectivity index (χ0) is 11.1. The van der Waals surface area contributed by atoms with Crippen molar-refractivity contribution in [2.24, 2.45) is 0 Å². The van der Waals surface area contributed by atoms with Crippen molar-refractivity contribution in [3.05, 3.63) is 22.1 Å². The van der Waals surface area contributed by atoms with E-state index < -0.39 is 6.36 Å². The lowest BCUT2D eigenvalue weighted by atomic mass is 10.3. The largest absolute Gasteiger partial charge is 0.573 e. The molecule has 0 saturated carbocycles. The van der Waals surface area contributed by atoms with Gasteiger partial charge in [0.2, 0.25) is 0 Å². The van der Waals surface area contributed by atoms with Crippen molar-refractivity contribution in [1.29, 1.82) is 0 Å². The number of rotatable bonds is 1. The van der Waals surface area contributed by atoms with Gasteiger partial charge in [0.25, 0.3) is 0 Å². The number of benzene rings is 1. The normalized spacial score (nSPS) is 12.0. The second kappa shape index (κ2) is 3.64. The van der Waals surface area contributed by atoms with Gasteiger partial charge < -0.3 is 4.74 Å². The Balaban J connectivity index is 2.38. The third-order valence-corrected chi connectivity index (χ3v) is 3.04. The molecule has 0 fully saturated rings. The van der Waals surface area contributed by atoms with Gasteiger partial charge in [-0.1, -0.05) is 0 Å². The summed E-state index contributed by atoms with van der Waals surface area (Å²) < 4.78 is 40.8. The molecule has 0 aliphatic carbocycles. The highest BCUT2D eigenvalue weighted by Crippen LogP contribution is 2.31. The Morgan fingerprint density at radius 1 is 1.33 bits per heavy atom. The highest BCUT2D eigenvalue weighted by molar-refractivity contribution is 9.11. The second-order valence-electron chi connectivity index (χ2n) is 2.64. The number of fused-ring (bicyclic) bond motifs is 1. The molecular weight excluding hydrogens is 295 g/mol. The number of ether oxygens (including phenoxy) is 1. The Kier molecular flexibility index (Phi) is 2.59. The zero-order valence-electron chi connectivity index (χ0n) is 7.01. The Bertz CT molecular complexity index is 496. The van der Waals surface area contributed by atoms with E-state index in [1.54, 1.807) is 0 Å². The highest BCUT2D eigenvalue weighted by atomic mass is 79.9. The Morgan fingerprint density at radius 2 is 2.07 bits per heavy atom. The molecule has 2 aromatic rings. The van der Waals surface area contributed by atoms with E-state index in [9.17, 15) is 13.2 Å². The molecule has 0 aliphatic heterocycles. The molecule has 15 heavy (non-hydrogen) atoms. The summed E-state index contributed by atoms with van der Waals surface area (Å²) in [7, 11) is 0. The number of aromatic nitrogens is 1. The van der Waals surface area contributed by atoms with Crippen molar-refractivity contribution < 1.29 is 17.9 Å². The number of alkyl halides is 3. The Morgan fingerprint density at radius 3 is 2.73 bits per heavy atom. The standard InChI is InChI=1S/C8H3BrF3NOS/c9-7-13-5-2-1-4(3-6(5)15-7)14-8(10,11)12/h1-3H. The first-order chi connectivity index (χ1) is 6.94. The van der Waals surface area contributed by atoms with E-state index >= 15 is 0 Å². The average molecular weight is 298 g/mol. The van der Waals surface area contributed by atoms with Gasteiger partial charge in [0.15, 0.2) is 3.92 Å². The number of halogens is 4. The predicted octanol–water partition coefficient (Wildman–Crippen LogP) is 3.96. The molecule has 0 saturated heterocycles. The van der Waals surface area contributed by atoms with Gasteiger partial charge in [0.05, 0.1) is 10.2 Å². The lowest BCUT2D eigenvalue weighted by Crippen LogP contribution is -2.16. The molecule has 0 spiro atoms. The van der Waals surface area contributed by atoms with Crippen LogP contribution in [-0.2, 0) is 0 Å². The van der Waals surface area contributed by atoms with Crippen LogP contribution in [0.25, 0.3) is 10.2 Å². The van der Waals surface area contributed by atoms with Crippen LogP contribution in [0.2, 0.25) is 0 Å². The van der Waals surface area contributed by atoms with Crippen LogP contribution in [0.4, 0.5) is 13.2 Å². The van der Waals surface area contributed by atoms with Crippen LogP contribution < -0.4 is 4.74 Å². The molecule has 0 aliphatic rings. The molecule has 1 heterocycles. The van der Waals surface area contributed by atoms with Gasteiger partial charge in [-0.25, -0.2) is 4.98 Å². The first-order valence-electron chi connectivity index (χ1n) is 3.76. The van der Waals surface area contributed by atoms with Crippen molar-refractivity contribution in [2.75, 3.05) is 0 Å². The first-order valence-corrected chi connectivity index (χ1v) is 5.37. The molecule has 0 bridgehead atoms. The van der Waals surface area contributed by atoms with Crippen LogP contribution in [0.1, 0.15) is 0 Å². The molecule has 80 valence electrons. The molecule has 7 heteroatoms. The van der Waals surface area contributed by atoms with Crippen LogP contribution in [0.5, 0.6) is 5.75 Å². The monoisotopic (exact) mass is 297 g/mol. The Hall–Kier alpha value is -0.820. The zero-order valence-corrected chi connectivity index (χ0v) is 9.41. The van der Waals surface area contributed by atoms with Crippen molar-refractivity contribution >= 4 is 37.5 Å². The van der Waals surface area contributed by atoms with E-state index in [2.05, 4.69) is 25.7 Å². The predicted molar refractivity (Wildman–Crippen MR) is 54.0 cm³/mol. The average Bonchev–Trinajstić information content (AvgIpc) is 2.40. The van der Waals surface area contributed by atoms with E-state index in [0.717, 1.165) is 0 Å². The maximum Gasteiger partial charge on any atom is 0.573 e. The number of hydrogen-bond acceptors (Lipinski definition) is 3. The number of hydrogen-bond donors (Lipinski definition) is 0. The van der Waals surface area contributed by atoms with Gasteiger partial charge in [-0.2, -0.15) is 0 Å². The summed E-state index contributed by atoms with van der Waals surface area (Å²) in [6.07, 6.45) is -4.66. The van der Waals surface area contributed by atoms with Crippen LogP contribution in [0.15, 0.2) is 22.1 Å². The molecule has 0 N–H and O–H groups in total. The van der Waals surface area contributed by atoms with Crippen molar-refractivity contribution in [3.8, 4) is 5.75 Å². The molecular formula is C8H3BrF3NOS. The summed E-state index contributed by atoms with van der Waals surface area (Å²) in [5, 5.41) is 0. The Labute approximate surface area is 94.8 Å². The second-order valence-corrected chi connectivity index (χ2v) is 4.95. The maximum atomic E-state index is 11.9. The molecule has 1 aromatic carbocycles. The van der Waals surface area contributed by atoms with Crippen molar-refractivity contribution in [2.45, 2.75) is 6.36 Å². The molecule has 2 nitrogen and oxygen atoms in total. The lowest BCUT2D eigenvalue weighted by molar-refractivity contribution is -0.274. The van der Waals surface area contributed by atoms with Gasteiger partial charge in [0.1, 0.15) is 5.75 Å². The quantitative estimate of drug-likeness (QED) is 0.795. The molecule has 0 radical (unpaired) electrons. The van der Waals surface area contributed by atoms with Crippen LogP contribution in [-0.4, -0.2) is 11.3 Å². The third-order valence-electron chi connectivity index (χ3n) is 1.57. The molecule has 0 amide bonds. The van der Waals surface area contributed by atoms with Gasteiger partial charge >= 0.3 is 6.36 Å². The van der Waals surface area contributed by atoms with Gasteiger partial charge in [-0.15, -0.1) is 24.5 Å². The summed E-state index contributed by atoms with van der Waals surface area (Å²) >= 11 is 4.41. The fraction of sp³-hybridized carbons (Fsp3) is 0.125. The third kappa shape index (κ3) is 2.60. The summed E-state index contributed by atoms with van der Waals surface area (Å²) in [5.74, 6) is -0.230. The van der Waals surface area contributed by atoms with Crippen LogP contribution in [0, 0.1) is 0 Å². The fourth-order valence-corrected chi connectivity index (χ4v) is 2.51. The molecule has 1 aromatic heterocycles. The van der Waals surface area contributed by atoms with E-state index in [4.69, 9.17) is 0 Å². The minimum absolute atomic E-state index is 0.230. The van der Waals surface area contributed by atoms with Crippen LogP contribution >= 0.6 is 27.3 Å². The molecule has 0 atom stereocenters. The maximum absolute atomic E-state index is 11.9.